The van der Waals surface area contributed by atoms with Crippen molar-refractivity contribution in [2.45, 2.75) is 6.04 Å². The molecule has 8 nitrogen and oxygen atoms in total. The number of hydrogen-bond acceptors (Lipinski definition) is 7. The van der Waals surface area contributed by atoms with Crippen molar-refractivity contribution in [3.63, 3.8) is 0 Å². The van der Waals surface area contributed by atoms with Gasteiger partial charge in [0.25, 0.3) is 0 Å². The molecule has 0 aliphatic rings. The number of methoxy groups -OCH3 is 3. The summed E-state index contributed by atoms with van der Waals surface area (Å²) in [7, 11) is 6.52. The third-order valence-electron chi connectivity index (χ3n) is 5.01. The number of aryl methyl sites for hydroxylation is 1. The Balaban J connectivity index is 1.86. The molecule has 9 heteroatoms. The monoisotopic (exact) mass is 423 g/mol. The number of hydrogen-bond donors (Lipinski definition) is 1. The lowest BCUT2D eigenvalue weighted by molar-refractivity contribution is 0.387. The van der Waals surface area contributed by atoms with Gasteiger partial charge in [0.2, 0.25) is 0 Å². The second-order valence-electron chi connectivity index (χ2n) is 6.85. The van der Waals surface area contributed by atoms with Gasteiger partial charge in [-0.2, -0.15) is 0 Å². The second kappa shape index (κ2) is 8.47. The van der Waals surface area contributed by atoms with Crippen LogP contribution in [0.25, 0.3) is 10.9 Å². The fourth-order valence-electron chi connectivity index (χ4n) is 3.41. The normalized spacial score (nSPS) is 11.9. The third kappa shape index (κ3) is 3.94. The van der Waals surface area contributed by atoms with Crippen LogP contribution in [0.2, 0.25) is 0 Å². The zero-order chi connectivity index (χ0) is 22.0. The number of nitrogens with one attached hydrogen (secondary N) is 1. The van der Waals surface area contributed by atoms with E-state index in [1.807, 2.05) is 29.9 Å². The van der Waals surface area contributed by atoms with Crippen LogP contribution in [0.3, 0.4) is 0 Å². The number of ether oxygens (including phenoxy) is 3. The van der Waals surface area contributed by atoms with Gasteiger partial charge in [0, 0.05) is 37.0 Å². The molecule has 4 aromatic rings. The Morgan fingerprint density at radius 1 is 0.935 bits per heavy atom. The molecule has 0 spiro atoms. The predicted octanol–water partition coefficient (Wildman–Crippen LogP) is 3.73. The smallest absolute Gasteiger partial charge is 0.167 e. The van der Waals surface area contributed by atoms with Crippen molar-refractivity contribution in [2.24, 2.45) is 7.05 Å². The maximum atomic E-state index is 14.2. The fourth-order valence-corrected chi connectivity index (χ4v) is 3.41. The Hall–Kier alpha value is -3.88. The van der Waals surface area contributed by atoms with Crippen LogP contribution in [0.4, 0.5) is 10.2 Å². The molecular weight excluding hydrogens is 401 g/mol. The SMILES string of the molecule is COc1cc(OC)cc(C(Nc2ncnc3cc(F)c(OC)cc23)c2nccn2C)c1. The molecule has 160 valence electrons. The van der Waals surface area contributed by atoms with E-state index in [1.54, 1.807) is 32.5 Å². The molecule has 31 heavy (non-hydrogen) atoms. The van der Waals surface area contributed by atoms with Gasteiger partial charge in [-0.15, -0.1) is 0 Å². The molecule has 0 saturated carbocycles. The topological polar surface area (TPSA) is 83.3 Å². The van der Waals surface area contributed by atoms with Gasteiger partial charge >= 0.3 is 0 Å². The molecular formula is C22H22FN5O3. The minimum absolute atomic E-state index is 0.113. The largest absolute Gasteiger partial charge is 0.497 e. The summed E-state index contributed by atoms with van der Waals surface area (Å²) in [6, 6.07) is 8.10. The van der Waals surface area contributed by atoms with Crippen LogP contribution in [0.1, 0.15) is 17.4 Å². The van der Waals surface area contributed by atoms with E-state index in [-0.39, 0.29) is 5.75 Å². The first kappa shape index (κ1) is 20.4. The minimum Gasteiger partial charge on any atom is -0.497 e. The summed E-state index contributed by atoms with van der Waals surface area (Å²) in [6.07, 6.45) is 4.97. The van der Waals surface area contributed by atoms with E-state index in [2.05, 4.69) is 20.3 Å². The van der Waals surface area contributed by atoms with E-state index < -0.39 is 11.9 Å². The lowest BCUT2D eigenvalue weighted by Crippen LogP contribution is -2.18. The Morgan fingerprint density at radius 2 is 1.68 bits per heavy atom. The minimum atomic E-state index is -0.488. The Kier molecular flexibility index (Phi) is 5.57. The van der Waals surface area contributed by atoms with Crippen molar-refractivity contribution in [1.82, 2.24) is 19.5 Å². The van der Waals surface area contributed by atoms with E-state index in [0.29, 0.717) is 28.2 Å². The average molecular weight is 423 g/mol. The highest BCUT2D eigenvalue weighted by Crippen LogP contribution is 2.34. The first-order valence-corrected chi connectivity index (χ1v) is 9.49. The number of nitrogens with zero attached hydrogens (tertiary/aromatic N) is 4. The Labute approximate surface area is 178 Å². The van der Waals surface area contributed by atoms with Crippen LogP contribution >= 0.6 is 0 Å². The summed E-state index contributed by atoms with van der Waals surface area (Å²) >= 11 is 0. The molecule has 2 aromatic heterocycles. The second-order valence-corrected chi connectivity index (χ2v) is 6.85. The molecule has 1 atom stereocenters. The van der Waals surface area contributed by atoms with Gasteiger partial charge in [0.1, 0.15) is 35.5 Å². The number of imidazole rings is 1. The fraction of sp³-hybridized carbons (Fsp3) is 0.227. The average Bonchev–Trinajstić information content (AvgIpc) is 3.21. The number of aromatic nitrogens is 4. The summed E-state index contributed by atoms with van der Waals surface area (Å²) in [5.74, 6) is 2.17. The van der Waals surface area contributed by atoms with E-state index >= 15 is 0 Å². The first-order chi connectivity index (χ1) is 15.0. The van der Waals surface area contributed by atoms with Crippen molar-refractivity contribution < 1.29 is 18.6 Å². The van der Waals surface area contributed by atoms with Crippen molar-refractivity contribution in [2.75, 3.05) is 26.6 Å². The molecule has 0 radical (unpaired) electrons. The molecule has 2 heterocycles. The molecule has 0 amide bonds. The highest BCUT2D eigenvalue weighted by molar-refractivity contribution is 5.90. The van der Waals surface area contributed by atoms with Crippen molar-refractivity contribution in [1.29, 1.82) is 0 Å². The van der Waals surface area contributed by atoms with Gasteiger partial charge in [-0.05, 0) is 23.8 Å². The van der Waals surface area contributed by atoms with Crippen molar-refractivity contribution >= 4 is 16.7 Å². The molecule has 0 saturated heterocycles. The van der Waals surface area contributed by atoms with Gasteiger partial charge in [0.05, 0.1) is 26.8 Å². The molecule has 0 fully saturated rings. The lowest BCUT2D eigenvalue weighted by Gasteiger charge is -2.22. The van der Waals surface area contributed by atoms with E-state index in [4.69, 9.17) is 14.2 Å². The summed E-state index contributed by atoms with van der Waals surface area (Å²) in [4.78, 5) is 13.1. The summed E-state index contributed by atoms with van der Waals surface area (Å²) < 4.78 is 32.1. The Morgan fingerprint density at radius 3 is 2.29 bits per heavy atom. The van der Waals surface area contributed by atoms with Gasteiger partial charge in [-0.1, -0.05) is 0 Å². The maximum Gasteiger partial charge on any atom is 0.167 e. The van der Waals surface area contributed by atoms with Gasteiger partial charge in [-0.25, -0.2) is 19.3 Å². The first-order valence-electron chi connectivity index (χ1n) is 9.49. The van der Waals surface area contributed by atoms with Crippen LogP contribution in [0.15, 0.2) is 49.1 Å². The van der Waals surface area contributed by atoms with Crippen molar-refractivity contribution in [3.05, 3.63) is 66.3 Å². The number of rotatable bonds is 7. The number of benzene rings is 2. The van der Waals surface area contributed by atoms with Gasteiger partial charge in [0.15, 0.2) is 11.6 Å². The van der Waals surface area contributed by atoms with Crippen LogP contribution in [0.5, 0.6) is 17.2 Å². The van der Waals surface area contributed by atoms with E-state index in [9.17, 15) is 4.39 Å². The number of fused-ring (bicyclic) bond motifs is 1. The standard InChI is InChI=1S/C22H22FN5O3/c1-28-6-5-24-22(28)20(13-7-14(29-2)9-15(8-13)30-3)27-21-16-10-19(31-4)17(23)11-18(16)25-12-26-21/h5-12,20H,1-4H3,(H,25,26,27). The molecule has 4 rings (SSSR count). The third-order valence-corrected chi connectivity index (χ3v) is 5.01. The zero-order valence-corrected chi connectivity index (χ0v) is 17.6. The maximum absolute atomic E-state index is 14.2. The van der Waals surface area contributed by atoms with Gasteiger partial charge in [-0.3, -0.25) is 0 Å². The lowest BCUT2D eigenvalue weighted by atomic mass is 10.0. The number of halogens is 1. The van der Waals surface area contributed by atoms with Gasteiger partial charge < -0.3 is 24.1 Å². The Bertz CT molecular complexity index is 1200. The van der Waals surface area contributed by atoms with E-state index in [1.165, 1.54) is 19.5 Å². The molecule has 1 N–H and O–H groups in total. The summed E-state index contributed by atoms with van der Waals surface area (Å²) in [5.41, 5.74) is 1.31. The molecule has 0 bridgehead atoms. The van der Waals surface area contributed by atoms with Crippen LogP contribution < -0.4 is 19.5 Å². The molecule has 1 unspecified atom stereocenters. The summed E-state index contributed by atoms with van der Waals surface area (Å²) in [6.45, 7) is 0. The van der Waals surface area contributed by atoms with Crippen LogP contribution in [-0.2, 0) is 7.05 Å². The zero-order valence-electron chi connectivity index (χ0n) is 17.6. The predicted molar refractivity (Wildman–Crippen MR) is 114 cm³/mol. The highest BCUT2D eigenvalue weighted by Gasteiger charge is 2.22. The van der Waals surface area contributed by atoms with E-state index in [0.717, 1.165) is 11.4 Å². The number of anilines is 1. The summed E-state index contributed by atoms with van der Waals surface area (Å²) in [5, 5.41) is 4.05. The highest BCUT2D eigenvalue weighted by atomic mass is 19.1. The van der Waals surface area contributed by atoms with Crippen LogP contribution in [-0.4, -0.2) is 40.8 Å². The van der Waals surface area contributed by atoms with Crippen LogP contribution in [0, 0.1) is 5.82 Å². The molecule has 2 aromatic carbocycles. The van der Waals surface area contributed by atoms with Crippen molar-refractivity contribution in [3.8, 4) is 17.2 Å². The molecule has 0 aliphatic carbocycles. The molecule has 0 aliphatic heterocycles. The quantitative estimate of drug-likeness (QED) is 0.485.